The molecule has 9 heteroatoms. The van der Waals surface area contributed by atoms with E-state index in [9.17, 15) is 9.18 Å². The molecule has 36 heavy (non-hydrogen) atoms. The molecule has 2 aromatic heterocycles. The highest BCUT2D eigenvalue weighted by Crippen LogP contribution is 2.35. The third-order valence-electron chi connectivity index (χ3n) is 6.26. The molecule has 4 aromatic rings. The van der Waals surface area contributed by atoms with E-state index in [-0.39, 0.29) is 17.8 Å². The predicted octanol–water partition coefficient (Wildman–Crippen LogP) is 4.78. The number of benzene rings is 2. The highest BCUT2D eigenvalue weighted by atomic mass is 19.1. The van der Waals surface area contributed by atoms with Gasteiger partial charge in [0.1, 0.15) is 17.2 Å². The Bertz CT molecular complexity index is 1330. The standard InChI is InChI=1S/C27H27FN6O2/c1-18(20-6-4-3-5-7-20)30-26-29-13-12-23(31-26)25-24(21-8-10-22(28)11-9-21)32-27(36-25)34-16-14-33(15-17-34)19(2)35/h3-13,18H,14-17H2,1-2H3,(H,29,30,31)/t18-/m0/s1. The summed E-state index contributed by atoms with van der Waals surface area (Å²) >= 11 is 0. The van der Waals surface area contributed by atoms with Crippen LogP contribution in [0, 0.1) is 5.82 Å². The van der Waals surface area contributed by atoms with Gasteiger partial charge in [0, 0.05) is 44.9 Å². The van der Waals surface area contributed by atoms with Crippen LogP contribution in [0.25, 0.3) is 22.7 Å². The summed E-state index contributed by atoms with van der Waals surface area (Å²) < 4.78 is 19.9. The Balaban J connectivity index is 1.47. The molecule has 1 atom stereocenters. The van der Waals surface area contributed by atoms with Crippen molar-refractivity contribution in [2.75, 3.05) is 36.4 Å². The normalized spacial score (nSPS) is 14.5. The molecule has 1 N–H and O–H groups in total. The molecule has 0 saturated carbocycles. The van der Waals surface area contributed by atoms with Gasteiger partial charge in [-0.15, -0.1) is 0 Å². The average molecular weight is 487 g/mol. The molecule has 1 amide bonds. The van der Waals surface area contributed by atoms with Crippen molar-refractivity contribution in [3.05, 3.63) is 78.2 Å². The van der Waals surface area contributed by atoms with E-state index >= 15 is 0 Å². The Morgan fingerprint density at radius 2 is 1.72 bits per heavy atom. The number of piperazine rings is 1. The van der Waals surface area contributed by atoms with Gasteiger partial charge in [0.2, 0.25) is 11.9 Å². The lowest BCUT2D eigenvalue weighted by atomic mass is 10.1. The number of hydrogen-bond acceptors (Lipinski definition) is 7. The first kappa shape index (κ1) is 23.5. The number of aromatic nitrogens is 3. The number of halogens is 1. The maximum atomic E-state index is 13.6. The van der Waals surface area contributed by atoms with Crippen molar-refractivity contribution in [2.45, 2.75) is 19.9 Å². The molecule has 5 rings (SSSR count). The van der Waals surface area contributed by atoms with Crippen LogP contribution in [0.5, 0.6) is 0 Å². The highest BCUT2D eigenvalue weighted by Gasteiger charge is 2.26. The largest absolute Gasteiger partial charge is 0.421 e. The lowest BCUT2D eigenvalue weighted by molar-refractivity contribution is -0.129. The Morgan fingerprint density at radius 1 is 1.00 bits per heavy atom. The van der Waals surface area contributed by atoms with Gasteiger partial charge in [0.15, 0.2) is 5.76 Å². The van der Waals surface area contributed by atoms with Crippen molar-refractivity contribution >= 4 is 17.9 Å². The molecular weight excluding hydrogens is 459 g/mol. The molecule has 1 saturated heterocycles. The number of hydrogen-bond donors (Lipinski definition) is 1. The van der Waals surface area contributed by atoms with Crippen LogP contribution in [0.1, 0.15) is 25.5 Å². The van der Waals surface area contributed by atoms with Crippen LogP contribution in [0.3, 0.4) is 0 Å². The topological polar surface area (TPSA) is 87.4 Å². The van der Waals surface area contributed by atoms with Gasteiger partial charge in [-0.25, -0.2) is 14.4 Å². The molecule has 1 aliphatic rings. The van der Waals surface area contributed by atoms with E-state index in [1.807, 2.05) is 42.2 Å². The summed E-state index contributed by atoms with van der Waals surface area (Å²) in [6.45, 7) is 6.02. The van der Waals surface area contributed by atoms with Gasteiger partial charge >= 0.3 is 0 Å². The zero-order valence-corrected chi connectivity index (χ0v) is 20.2. The van der Waals surface area contributed by atoms with Crippen molar-refractivity contribution in [2.24, 2.45) is 0 Å². The van der Waals surface area contributed by atoms with Crippen LogP contribution >= 0.6 is 0 Å². The Hall–Kier alpha value is -4.27. The molecule has 1 fully saturated rings. The number of anilines is 2. The van der Waals surface area contributed by atoms with Crippen LogP contribution in [-0.4, -0.2) is 51.9 Å². The van der Waals surface area contributed by atoms with Crippen LogP contribution < -0.4 is 10.2 Å². The maximum Gasteiger partial charge on any atom is 0.298 e. The van der Waals surface area contributed by atoms with Gasteiger partial charge in [0.05, 0.1) is 6.04 Å². The molecule has 8 nitrogen and oxygen atoms in total. The SMILES string of the molecule is CC(=O)N1CCN(c2nc(-c3ccc(F)cc3)c(-c3ccnc(N[C@@H](C)c4ccccc4)n3)o2)CC1. The van der Waals surface area contributed by atoms with Crippen molar-refractivity contribution in [3.63, 3.8) is 0 Å². The van der Waals surface area contributed by atoms with Gasteiger partial charge in [-0.3, -0.25) is 4.79 Å². The fourth-order valence-corrected chi connectivity index (χ4v) is 4.21. The fraction of sp³-hybridized carbons (Fsp3) is 0.259. The molecule has 3 heterocycles. The highest BCUT2D eigenvalue weighted by molar-refractivity contribution is 5.77. The minimum atomic E-state index is -0.326. The summed E-state index contributed by atoms with van der Waals surface area (Å²) in [5.41, 5.74) is 2.97. The van der Waals surface area contributed by atoms with Gasteiger partial charge in [-0.05, 0) is 42.8 Å². The van der Waals surface area contributed by atoms with E-state index < -0.39 is 0 Å². The van der Waals surface area contributed by atoms with Gasteiger partial charge in [-0.1, -0.05) is 30.3 Å². The first-order chi connectivity index (χ1) is 17.5. The van der Waals surface area contributed by atoms with Gasteiger partial charge in [0.25, 0.3) is 6.01 Å². The van der Waals surface area contributed by atoms with E-state index in [1.165, 1.54) is 12.1 Å². The first-order valence-corrected chi connectivity index (χ1v) is 11.9. The Labute approximate surface area is 208 Å². The summed E-state index contributed by atoms with van der Waals surface area (Å²) in [5, 5.41) is 3.34. The molecule has 0 spiro atoms. The van der Waals surface area contributed by atoms with Crippen LogP contribution in [-0.2, 0) is 4.79 Å². The van der Waals surface area contributed by atoms with E-state index in [2.05, 4.69) is 10.3 Å². The molecule has 0 radical (unpaired) electrons. The molecule has 0 bridgehead atoms. The van der Waals surface area contributed by atoms with Crippen LogP contribution in [0.4, 0.5) is 16.4 Å². The number of carbonyl (C=O) groups is 1. The lowest BCUT2D eigenvalue weighted by Gasteiger charge is -2.33. The summed E-state index contributed by atoms with van der Waals surface area (Å²) in [5.74, 6) is 0.665. The molecule has 1 aliphatic heterocycles. The van der Waals surface area contributed by atoms with Gasteiger partial charge < -0.3 is 19.5 Å². The van der Waals surface area contributed by atoms with E-state index in [0.717, 1.165) is 11.1 Å². The minimum Gasteiger partial charge on any atom is -0.421 e. The summed E-state index contributed by atoms with van der Waals surface area (Å²) in [4.78, 5) is 29.4. The van der Waals surface area contributed by atoms with Gasteiger partial charge in [-0.2, -0.15) is 4.98 Å². The van der Waals surface area contributed by atoms with Crippen LogP contribution in [0.15, 0.2) is 71.3 Å². The third-order valence-corrected chi connectivity index (χ3v) is 6.26. The lowest BCUT2D eigenvalue weighted by Crippen LogP contribution is -2.48. The number of rotatable bonds is 6. The minimum absolute atomic E-state index is 0.000813. The zero-order valence-electron chi connectivity index (χ0n) is 20.2. The second-order valence-electron chi connectivity index (χ2n) is 8.72. The molecule has 0 aliphatic carbocycles. The van der Waals surface area contributed by atoms with E-state index in [4.69, 9.17) is 14.4 Å². The Morgan fingerprint density at radius 3 is 2.42 bits per heavy atom. The molecule has 184 valence electrons. The summed E-state index contributed by atoms with van der Waals surface area (Å²) in [6, 6.07) is 18.4. The fourth-order valence-electron chi connectivity index (χ4n) is 4.21. The quantitative estimate of drug-likeness (QED) is 0.420. The van der Waals surface area contributed by atoms with Crippen molar-refractivity contribution in [1.82, 2.24) is 19.9 Å². The smallest absolute Gasteiger partial charge is 0.298 e. The number of nitrogens with zero attached hydrogens (tertiary/aromatic N) is 5. The second kappa shape index (κ2) is 10.2. The van der Waals surface area contributed by atoms with E-state index in [1.54, 1.807) is 36.2 Å². The second-order valence-corrected chi connectivity index (χ2v) is 8.72. The first-order valence-electron chi connectivity index (χ1n) is 11.9. The number of amides is 1. The van der Waals surface area contributed by atoms with Crippen LogP contribution in [0.2, 0.25) is 0 Å². The zero-order chi connectivity index (χ0) is 25.1. The number of carbonyl (C=O) groups excluding carboxylic acids is 1. The third kappa shape index (κ3) is 5.05. The van der Waals surface area contributed by atoms with Crippen molar-refractivity contribution in [1.29, 1.82) is 0 Å². The maximum absolute atomic E-state index is 13.6. The van der Waals surface area contributed by atoms with E-state index in [0.29, 0.717) is 55.3 Å². The molecular formula is C27H27FN6O2. The van der Waals surface area contributed by atoms with Crippen molar-refractivity contribution in [3.8, 4) is 22.7 Å². The monoisotopic (exact) mass is 486 g/mol. The van der Waals surface area contributed by atoms with Crippen molar-refractivity contribution < 1.29 is 13.6 Å². The number of nitrogens with one attached hydrogen (secondary N) is 1. The summed E-state index contributed by atoms with van der Waals surface area (Å²) in [7, 11) is 0. The average Bonchev–Trinajstić information content (AvgIpc) is 3.35. The number of oxazole rings is 1. The molecule has 0 unspecified atom stereocenters. The molecule has 2 aromatic carbocycles. The summed E-state index contributed by atoms with van der Waals surface area (Å²) in [6.07, 6.45) is 1.67. The Kier molecular flexibility index (Phi) is 6.62. The predicted molar refractivity (Wildman–Crippen MR) is 136 cm³/mol.